The molecule has 0 atom stereocenters. The molecule has 2 amide bonds. The van der Waals surface area contributed by atoms with E-state index in [2.05, 4.69) is 10.3 Å². The van der Waals surface area contributed by atoms with Crippen LogP contribution in [0.5, 0.6) is 17.4 Å². The molecule has 0 spiro atoms. The predicted octanol–water partition coefficient (Wildman–Crippen LogP) is 2.76. The molecule has 7 nitrogen and oxygen atoms in total. The molecule has 2 aromatic rings. The van der Waals surface area contributed by atoms with Crippen molar-refractivity contribution in [2.24, 2.45) is 0 Å². The molecule has 1 N–H and O–H groups in total. The predicted molar refractivity (Wildman–Crippen MR) is 86.8 cm³/mol. The third kappa shape index (κ3) is 3.03. The molecule has 124 valence electrons. The molecule has 24 heavy (non-hydrogen) atoms. The quantitative estimate of drug-likeness (QED) is 0.924. The first-order valence-corrected chi connectivity index (χ1v) is 7.79. The highest BCUT2D eigenvalue weighted by Gasteiger charge is 2.32. The summed E-state index contributed by atoms with van der Waals surface area (Å²) in [5.74, 6) is 1.81. The van der Waals surface area contributed by atoms with Crippen LogP contribution >= 0.6 is 11.6 Å². The number of likely N-dealkylation sites (tertiary alicyclic amines) is 1. The molecule has 0 bridgehead atoms. The van der Waals surface area contributed by atoms with Crippen LogP contribution in [0.2, 0.25) is 5.02 Å². The van der Waals surface area contributed by atoms with E-state index >= 15 is 0 Å². The van der Waals surface area contributed by atoms with Gasteiger partial charge in [0.05, 0.1) is 18.1 Å². The highest BCUT2D eigenvalue weighted by molar-refractivity contribution is 6.30. The minimum atomic E-state index is -0.183. The minimum absolute atomic E-state index is 0.0684. The molecule has 0 unspecified atom stereocenters. The number of carbonyl (C=O) groups excluding carboxylic acids is 1. The Morgan fingerprint density at radius 2 is 2.08 bits per heavy atom. The maximum atomic E-state index is 12.2. The number of ether oxygens (including phenoxy) is 3. The van der Waals surface area contributed by atoms with Gasteiger partial charge in [-0.1, -0.05) is 11.6 Å². The zero-order valence-corrected chi connectivity index (χ0v) is 13.3. The molecule has 0 aliphatic carbocycles. The van der Waals surface area contributed by atoms with Crippen LogP contribution in [0.15, 0.2) is 36.5 Å². The summed E-state index contributed by atoms with van der Waals surface area (Å²) in [5.41, 5.74) is 0.660. The summed E-state index contributed by atoms with van der Waals surface area (Å²) in [4.78, 5) is 17.9. The lowest BCUT2D eigenvalue weighted by Crippen LogP contribution is -2.57. The number of urea groups is 1. The highest BCUT2D eigenvalue weighted by atomic mass is 35.5. The fraction of sp³-hybridized carbons (Fsp3) is 0.250. The van der Waals surface area contributed by atoms with Gasteiger partial charge in [-0.2, -0.15) is 0 Å². The smallest absolute Gasteiger partial charge is 0.322 e. The van der Waals surface area contributed by atoms with Crippen molar-refractivity contribution < 1.29 is 19.0 Å². The van der Waals surface area contributed by atoms with Crippen LogP contribution in [-0.2, 0) is 0 Å². The van der Waals surface area contributed by atoms with Crippen LogP contribution in [0.3, 0.4) is 0 Å². The van der Waals surface area contributed by atoms with Gasteiger partial charge in [0.15, 0.2) is 11.5 Å². The van der Waals surface area contributed by atoms with Gasteiger partial charge >= 0.3 is 6.03 Å². The van der Waals surface area contributed by atoms with Crippen molar-refractivity contribution in [3.05, 3.63) is 41.6 Å². The van der Waals surface area contributed by atoms with Crippen LogP contribution in [0.1, 0.15) is 0 Å². The SMILES string of the molecule is O=C(Nc1ccc2c(c1)OCO2)N1CC(Oc2ccc(Cl)cn2)C1. The molecule has 1 aromatic carbocycles. The number of halogens is 1. The van der Waals surface area contributed by atoms with E-state index in [0.717, 1.165) is 0 Å². The number of aromatic nitrogens is 1. The van der Waals surface area contributed by atoms with E-state index < -0.39 is 0 Å². The minimum Gasteiger partial charge on any atom is -0.471 e. The number of anilines is 1. The number of amides is 2. The summed E-state index contributed by atoms with van der Waals surface area (Å²) in [6, 6.07) is 8.52. The van der Waals surface area contributed by atoms with E-state index in [1.54, 1.807) is 35.2 Å². The Balaban J connectivity index is 1.29. The van der Waals surface area contributed by atoms with Crippen LogP contribution < -0.4 is 19.5 Å². The standard InChI is InChI=1S/C16H14ClN3O4/c17-10-1-4-15(18-6-10)24-12-7-20(8-12)16(21)19-11-2-3-13-14(5-11)23-9-22-13/h1-6,12H,7-9H2,(H,19,21). The Kier molecular flexibility index (Phi) is 3.78. The number of nitrogens with zero attached hydrogens (tertiary/aromatic N) is 2. The van der Waals surface area contributed by atoms with Crippen molar-refractivity contribution in [1.82, 2.24) is 9.88 Å². The van der Waals surface area contributed by atoms with E-state index in [-0.39, 0.29) is 18.9 Å². The van der Waals surface area contributed by atoms with Crippen LogP contribution in [0.25, 0.3) is 0 Å². The number of pyridine rings is 1. The Morgan fingerprint density at radius 3 is 2.88 bits per heavy atom. The van der Waals surface area contributed by atoms with E-state index in [1.807, 2.05) is 0 Å². The lowest BCUT2D eigenvalue weighted by Gasteiger charge is -2.38. The Bertz CT molecular complexity index is 762. The van der Waals surface area contributed by atoms with Crippen molar-refractivity contribution in [2.45, 2.75) is 6.10 Å². The van der Waals surface area contributed by atoms with Gasteiger partial charge in [0.2, 0.25) is 12.7 Å². The largest absolute Gasteiger partial charge is 0.471 e. The second-order valence-corrected chi connectivity index (χ2v) is 5.89. The highest BCUT2D eigenvalue weighted by Crippen LogP contribution is 2.34. The number of rotatable bonds is 3. The average molecular weight is 348 g/mol. The lowest BCUT2D eigenvalue weighted by molar-refractivity contribution is 0.0461. The fourth-order valence-electron chi connectivity index (χ4n) is 2.46. The normalized spacial score (nSPS) is 15.8. The molecule has 2 aliphatic heterocycles. The molecule has 4 rings (SSSR count). The summed E-state index contributed by atoms with van der Waals surface area (Å²) in [7, 11) is 0. The van der Waals surface area contributed by atoms with Gasteiger partial charge in [-0.15, -0.1) is 0 Å². The summed E-state index contributed by atoms with van der Waals surface area (Å²) >= 11 is 5.78. The Hall–Kier alpha value is -2.67. The molecule has 3 heterocycles. The number of nitrogens with one attached hydrogen (secondary N) is 1. The van der Waals surface area contributed by atoms with E-state index in [9.17, 15) is 4.79 Å². The van der Waals surface area contributed by atoms with Crippen molar-refractivity contribution in [3.63, 3.8) is 0 Å². The summed E-state index contributed by atoms with van der Waals surface area (Å²) < 4.78 is 16.2. The fourth-order valence-corrected chi connectivity index (χ4v) is 2.57. The zero-order valence-electron chi connectivity index (χ0n) is 12.6. The summed E-state index contributed by atoms with van der Waals surface area (Å²) in [5, 5.41) is 3.38. The van der Waals surface area contributed by atoms with E-state index in [0.29, 0.717) is 41.2 Å². The summed E-state index contributed by atoms with van der Waals surface area (Å²) in [6.45, 7) is 1.21. The molecule has 0 radical (unpaired) electrons. The van der Waals surface area contributed by atoms with Crippen molar-refractivity contribution in [1.29, 1.82) is 0 Å². The van der Waals surface area contributed by atoms with Gasteiger partial charge in [-0.25, -0.2) is 9.78 Å². The molecule has 8 heteroatoms. The van der Waals surface area contributed by atoms with Crippen LogP contribution in [0.4, 0.5) is 10.5 Å². The third-order valence-corrected chi connectivity index (χ3v) is 3.97. The van der Waals surface area contributed by atoms with Crippen molar-refractivity contribution >= 4 is 23.3 Å². The first-order valence-electron chi connectivity index (χ1n) is 7.41. The molecular weight excluding hydrogens is 334 g/mol. The monoisotopic (exact) mass is 347 g/mol. The number of fused-ring (bicyclic) bond motifs is 1. The average Bonchev–Trinajstić information content (AvgIpc) is 2.99. The lowest BCUT2D eigenvalue weighted by atomic mass is 10.2. The number of hydrogen-bond donors (Lipinski definition) is 1. The first kappa shape index (κ1) is 14.9. The van der Waals surface area contributed by atoms with Gasteiger partial charge in [0, 0.05) is 24.0 Å². The van der Waals surface area contributed by atoms with E-state index in [1.165, 1.54) is 6.20 Å². The molecule has 1 saturated heterocycles. The Labute approximate surface area is 143 Å². The number of hydrogen-bond acceptors (Lipinski definition) is 5. The van der Waals surface area contributed by atoms with Gasteiger partial charge in [-0.3, -0.25) is 0 Å². The summed E-state index contributed by atoms with van der Waals surface area (Å²) in [6.07, 6.45) is 1.46. The van der Waals surface area contributed by atoms with Crippen LogP contribution in [0, 0.1) is 0 Å². The van der Waals surface area contributed by atoms with Gasteiger partial charge in [0.25, 0.3) is 0 Å². The van der Waals surface area contributed by atoms with Crippen LogP contribution in [-0.4, -0.2) is 41.9 Å². The van der Waals surface area contributed by atoms with Gasteiger partial charge in [-0.05, 0) is 18.2 Å². The maximum absolute atomic E-state index is 12.2. The molecular formula is C16H14ClN3O4. The van der Waals surface area contributed by atoms with Gasteiger partial charge in [0.1, 0.15) is 6.10 Å². The topological polar surface area (TPSA) is 72.9 Å². The maximum Gasteiger partial charge on any atom is 0.322 e. The van der Waals surface area contributed by atoms with Gasteiger partial charge < -0.3 is 24.4 Å². The number of benzene rings is 1. The van der Waals surface area contributed by atoms with E-state index in [4.69, 9.17) is 25.8 Å². The number of carbonyl (C=O) groups is 1. The second kappa shape index (κ2) is 6.09. The first-order chi connectivity index (χ1) is 11.7. The molecule has 0 saturated carbocycles. The molecule has 2 aliphatic rings. The second-order valence-electron chi connectivity index (χ2n) is 5.46. The third-order valence-electron chi connectivity index (χ3n) is 3.75. The van der Waals surface area contributed by atoms with Crippen molar-refractivity contribution in [3.8, 4) is 17.4 Å². The molecule has 1 aromatic heterocycles. The Morgan fingerprint density at radius 1 is 1.25 bits per heavy atom. The zero-order chi connectivity index (χ0) is 16.5. The molecule has 1 fully saturated rings. The van der Waals surface area contributed by atoms with Crippen molar-refractivity contribution in [2.75, 3.05) is 25.2 Å².